The van der Waals surface area contributed by atoms with Crippen molar-refractivity contribution in [2.45, 2.75) is 0 Å². The Labute approximate surface area is 202 Å². The molecule has 2 aromatic carbocycles. The lowest BCUT2D eigenvalue weighted by molar-refractivity contribution is 0.0855. The Morgan fingerprint density at radius 2 is 1.12 bits per heavy atom. The van der Waals surface area contributed by atoms with Gasteiger partial charge in [-0.2, -0.15) is 0 Å². The lowest BCUT2D eigenvalue weighted by Crippen LogP contribution is -2.38. The van der Waals surface area contributed by atoms with E-state index in [0.717, 1.165) is 22.3 Å². The van der Waals surface area contributed by atoms with Gasteiger partial charge in [0.25, 0.3) is 0 Å². The Bertz CT molecular complexity index is 1700. The normalized spacial score (nSPS) is 22.1. The summed E-state index contributed by atoms with van der Waals surface area (Å²) in [6.45, 7) is 0. The minimum atomic E-state index is -0.511. The second-order valence-electron chi connectivity index (χ2n) is 8.81. The predicted molar refractivity (Wildman–Crippen MR) is 130 cm³/mol. The van der Waals surface area contributed by atoms with Crippen LogP contribution in [0.2, 0.25) is 10.0 Å². The van der Waals surface area contributed by atoms with Crippen molar-refractivity contribution in [2.24, 2.45) is 11.8 Å². The molecule has 0 amide bonds. The maximum atomic E-state index is 13.7. The van der Waals surface area contributed by atoms with Crippen molar-refractivity contribution in [3.8, 4) is 0 Å². The lowest BCUT2D eigenvalue weighted by Gasteiger charge is -2.38. The molecule has 0 radical (unpaired) electrons. The standard InChI is InChI=1S/C26H12Cl2N4O2/c27-11-1-7-17-19(9-11)31-23(29-17)13-3-5-16-22-14(4-6-15(21(13)22)25(31)33)24-30-18-8-2-12(28)10-20(18)32(24)26(16)34/h1-10,15-16H. The zero-order chi connectivity index (χ0) is 22.9. The van der Waals surface area contributed by atoms with Crippen LogP contribution in [0, 0.1) is 11.8 Å². The van der Waals surface area contributed by atoms with E-state index in [1.165, 1.54) is 0 Å². The Balaban J connectivity index is 1.46. The van der Waals surface area contributed by atoms with Crippen molar-refractivity contribution in [2.75, 3.05) is 0 Å². The van der Waals surface area contributed by atoms with Crippen molar-refractivity contribution >= 4 is 68.2 Å². The number of hydrogen-bond acceptors (Lipinski definition) is 4. The smallest absolute Gasteiger partial charge is 0.244 e. The van der Waals surface area contributed by atoms with Crippen LogP contribution in [0.4, 0.5) is 0 Å². The Kier molecular flexibility index (Phi) is 3.31. The number of carbonyl (C=O) groups excluding carboxylic acids is 2. The second kappa shape index (κ2) is 6.03. The molecule has 2 aromatic heterocycles. The average molecular weight is 483 g/mol. The van der Waals surface area contributed by atoms with Gasteiger partial charge in [0, 0.05) is 21.2 Å². The third-order valence-electron chi connectivity index (χ3n) is 7.09. The molecular weight excluding hydrogens is 471 g/mol. The fraction of sp³-hybridized carbons (Fsp3) is 0.0769. The number of carbonyl (C=O) groups is 2. The van der Waals surface area contributed by atoms with Gasteiger partial charge in [0.2, 0.25) is 11.8 Å². The second-order valence-corrected chi connectivity index (χ2v) is 9.69. The number of benzene rings is 2. The van der Waals surface area contributed by atoms with Gasteiger partial charge in [-0.25, -0.2) is 9.97 Å². The number of fused-ring (bicyclic) bond motifs is 8. The van der Waals surface area contributed by atoms with Gasteiger partial charge in [0.1, 0.15) is 11.6 Å². The molecule has 0 saturated heterocycles. The van der Waals surface area contributed by atoms with Crippen molar-refractivity contribution in [3.05, 3.63) is 93.5 Å². The molecule has 2 aliphatic heterocycles. The van der Waals surface area contributed by atoms with Gasteiger partial charge >= 0.3 is 0 Å². The first-order valence-corrected chi connectivity index (χ1v) is 11.6. The third kappa shape index (κ3) is 2.09. The molecule has 4 heterocycles. The van der Waals surface area contributed by atoms with E-state index in [2.05, 4.69) is 0 Å². The number of halogens is 2. The summed E-state index contributed by atoms with van der Waals surface area (Å²) in [6.07, 6.45) is 7.65. The molecule has 2 aliphatic carbocycles. The molecule has 2 unspecified atom stereocenters. The van der Waals surface area contributed by atoms with Crippen molar-refractivity contribution in [1.29, 1.82) is 0 Å². The maximum absolute atomic E-state index is 13.7. The highest BCUT2D eigenvalue weighted by molar-refractivity contribution is 6.31. The fourth-order valence-corrected chi connectivity index (χ4v) is 6.03. The van der Waals surface area contributed by atoms with Gasteiger partial charge in [-0.3, -0.25) is 18.7 Å². The average Bonchev–Trinajstić information content (AvgIpc) is 3.40. The highest BCUT2D eigenvalue weighted by Gasteiger charge is 2.46. The highest BCUT2D eigenvalue weighted by Crippen LogP contribution is 2.51. The first kappa shape index (κ1) is 18.7. The van der Waals surface area contributed by atoms with Gasteiger partial charge in [-0.1, -0.05) is 47.5 Å². The van der Waals surface area contributed by atoms with E-state index in [4.69, 9.17) is 33.2 Å². The minimum absolute atomic E-state index is 0.103. The van der Waals surface area contributed by atoms with E-state index in [9.17, 15) is 9.59 Å². The van der Waals surface area contributed by atoms with Crippen LogP contribution < -0.4 is 0 Å². The van der Waals surface area contributed by atoms with E-state index in [-0.39, 0.29) is 11.8 Å². The van der Waals surface area contributed by atoms with Crippen LogP contribution in [-0.4, -0.2) is 30.9 Å². The third-order valence-corrected chi connectivity index (χ3v) is 7.56. The molecule has 2 atom stereocenters. The van der Waals surface area contributed by atoms with Gasteiger partial charge in [0.05, 0.1) is 33.9 Å². The van der Waals surface area contributed by atoms with E-state index in [1.807, 2.05) is 36.4 Å². The Morgan fingerprint density at radius 3 is 1.56 bits per heavy atom. The zero-order valence-corrected chi connectivity index (χ0v) is 18.8. The summed E-state index contributed by atoms with van der Waals surface area (Å²) in [4.78, 5) is 37.0. The van der Waals surface area contributed by atoms with E-state index in [0.29, 0.717) is 43.8 Å². The molecule has 6 nitrogen and oxygen atoms in total. The summed E-state index contributed by atoms with van der Waals surface area (Å²) in [7, 11) is 0. The van der Waals surface area contributed by atoms with Crippen LogP contribution in [0.5, 0.6) is 0 Å². The number of nitrogens with zero attached hydrogens (tertiary/aromatic N) is 4. The van der Waals surface area contributed by atoms with E-state index >= 15 is 0 Å². The Hall–Kier alpha value is -3.74. The van der Waals surface area contributed by atoms with Crippen molar-refractivity contribution in [3.63, 3.8) is 0 Å². The molecule has 162 valence electrons. The zero-order valence-electron chi connectivity index (χ0n) is 17.3. The molecule has 4 aliphatic rings. The molecular formula is C26H12Cl2N4O2. The first-order valence-electron chi connectivity index (χ1n) is 10.8. The molecule has 8 heteroatoms. The van der Waals surface area contributed by atoms with Gasteiger partial charge in [-0.05, 0) is 47.5 Å². The number of hydrogen-bond donors (Lipinski definition) is 0. The van der Waals surface area contributed by atoms with Crippen LogP contribution in [0.25, 0.3) is 33.2 Å². The van der Waals surface area contributed by atoms with Crippen LogP contribution in [0.3, 0.4) is 0 Å². The predicted octanol–water partition coefficient (Wildman–Crippen LogP) is 5.58. The quantitative estimate of drug-likeness (QED) is 0.328. The summed E-state index contributed by atoms with van der Waals surface area (Å²) in [5.74, 6) is -0.0822. The largest absolute Gasteiger partial charge is 0.273 e. The van der Waals surface area contributed by atoms with Gasteiger partial charge in [0.15, 0.2) is 0 Å². The molecule has 34 heavy (non-hydrogen) atoms. The number of allylic oxidation sites excluding steroid dienone is 8. The lowest BCUT2D eigenvalue weighted by atomic mass is 9.70. The molecule has 8 rings (SSSR count). The van der Waals surface area contributed by atoms with Crippen molar-refractivity contribution in [1.82, 2.24) is 19.1 Å². The summed E-state index contributed by atoms with van der Waals surface area (Å²) < 4.78 is 3.29. The van der Waals surface area contributed by atoms with Crippen LogP contribution in [-0.2, 0) is 0 Å². The molecule has 0 fully saturated rings. The van der Waals surface area contributed by atoms with E-state index in [1.54, 1.807) is 33.4 Å². The number of imidazole rings is 2. The summed E-state index contributed by atoms with van der Waals surface area (Å²) in [6, 6.07) is 10.7. The van der Waals surface area contributed by atoms with Crippen molar-refractivity contribution < 1.29 is 9.59 Å². The van der Waals surface area contributed by atoms with Crippen LogP contribution in [0.1, 0.15) is 21.2 Å². The Morgan fingerprint density at radius 1 is 0.676 bits per heavy atom. The topological polar surface area (TPSA) is 69.8 Å². The highest BCUT2D eigenvalue weighted by atomic mass is 35.5. The minimum Gasteiger partial charge on any atom is -0.273 e. The van der Waals surface area contributed by atoms with Gasteiger partial charge < -0.3 is 0 Å². The first-order chi connectivity index (χ1) is 16.5. The fourth-order valence-electron chi connectivity index (χ4n) is 5.70. The number of aromatic nitrogens is 4. The monoisotopic (exact) mass is 482 g/mol. The summed E-state index contributed by atoms with van der Waals surface area (Å²) in [5.41, 5.74) is 6.15. The molecule has 0 saturated carbocycles. The summed E-state index contributed by atoms with van der Waals surface area (Å²) in [5, 5.41) is 1.09. The van der Waals surface area contributed by atoms with Crippen LogP contribution >= 0.6 is 23.2 Å². The maximum Gasteiger partial charge on any atom is 0.244 e. The van der Waals surface area contributed by atoms with Gasteiger partial charge in [-0.15, -0.1) is 0 Å². The molecule has 0 spiro atoms. The number of rotatable bonds is 0. The molecule has 4 aromatic rings. The molecule has 0 N–H and O–H groups in total. The molecule has 0 bridgehead atoms. The SMILES string of the molecule is O=C1C2C=CC3=C4C2=C(C=CC4C(=O)n2c3nc3ccc(Cl)cc32)c2nc3ccc(Cl)cc3n21. The van der Waals surface area contributed by atoms with E-state index < -0.39 is 11.8 Å². The summed E-state index contributed by atoms with van der Waals surface area (Å²) >= 11 is 12.4. The van der Waals surface area contributed by atoms with Crippen LogP contribution in [0.15, 0.2) is 71.8 Å².